The molecule has 0 aliphatic carbocycles. The predicted octanol–water partition coefficient (Wildman–Crippen LogP) is 2.73. The molecule has 1 aliphatic heterocycles. The molecule has 1 N–H and O–H groups in total. The van der Waals surface area contributed by atoms with Crippen LogP contribution < -0.4 is 5.32 Å². The van der Waals surface area contributed by atoms with Gasteiger partial charge in [0, 0.05) is 6.42 Å². The highest BCUT2D eigenvalue weighted by Gasteiger charge is 2.35. The van der Waals surface area contributed by atoms with Crippen molar-refractivity contribution < 1.29 is 9.18 Å². The van der Waals surface area contributed by atoms with Crippen LogP contribution >= 0.6 is 11.6 Å². The first-order valence-electron chi connectivity index (χ1n) is 5.74. The quantitative estimate of drug-likeness (QED) is 0.900. The Bertz CT molecular complexity index is 441. The summed E-state index contributed by atoms with van der Waals surface area (Å²) in [6, 6.07) is 4.76. The van der Waals surface area contributed by atoms with Crippen LogP contribution in [0.25, 0.3) is 0 Å². The molecule has 1 aromatic rings. The maximum Gasteiger partial charge on any atom is 0.157 e. The van der Waals surface area contributed by atoms with Crippen LogP contribution in [-0.2, 0) is 11.2 Å². The zero-order chi connectivity index (χ0) is 12.5. The smallest absolute Gasteiger partial charge is 0.157 e. The molecule has 1 heterocycles. The Balaban J connectivity index is 2.16. The summed E-state index contributed by atoms with van der Waals surface area (Å²) in [5, 5.41) is 3.25. The SMILES string of the molecule is CC1(C(=O)Cc2cccc(Cl)c2F)CCCN1. The van der Waals surface area contributed by atoms with E-state index in [1.807, 2.05) is 6.92 Å². The molecule has 4 heteroatoms. The summed E-state index contributed by atoms with van der Waals surface area (Å²) in [5.41, 5.74) is -0.133. The molecule has 0 saturated carbocycles. The Hall–Kier alpha value is -0.930. The molecule has 2 nitrogen and oxygen atoms in total. The van der Waals surface area contributed by atoms with Crippen molar-refractivity contribution in [2.24, 2.45) is 0 Å². The van der Waals surface area contributed by atoms with Crippen molar-refractivity contribution in [2.75, 3.05) is 6.54 Å². The monoisotopic (exact) mass is 255 g/mol. The van der Waals surface area contributed by atoms with Crippen molar-refractivity contribution in [3.63, 3.8) is 0 Å². The molecule has 0 amide bonds. The van der Waals surface area contributed by atoms with Gasteiger partial charge in [-0.1, -0.05) is 23.7 Å². The largest absolute Gasteiger partial charge is 0.305 e. The standard InChI is InChI=1S/C13H15ClFNO/c1-13(6-3-7-16-13)11(17)8-9-4-2-5-10(14)12(9)15/h2,4-5,16H,3,6-8H2,1H3. The molecule has 1 fully saturated rings. The van der Waals surface area contributed by atoms with E-state index in [0.717, 1.165) is 19.4 Å². The first-order valence-corrected chi connectivity index (χ1v) is 6.12. The van der Waals surface area contributed by atoms with E-state index in [1.54, 1.807) is 12.1 Å². The average molecular weight is 256 g/mol. The minimum Gasteiger partial charge on any atom is -0.305 e. The van der Waals surface area contributed by atoms with E-state index < -0.39 is 11.4 Å². The van der Waals surface area contributed by atoms with Crippen LogP contribution in [0.2, 0.25) is 5.02 Å². The van der Waals surface area contributed by atoms with Gasteiger partial charge in [-0.05, 0) is 37.9 Å². The maximum absolute atomic E-state index is 13.7. The van der Waals surface area contributed by atoms with Crippen LogP contribution in [0.1, 0.15) is 25.3 Å². The van der Waals surface area contributed by atoms with Gasteiger partial charge in [0.2, 0.25) is 0 Å². The fraction of sp³-hybridized carbons (Fsp3) is 0.462. The van der Waals surface area contributed by atoms with Crippen molar-refractivity contribution in [2.45, 2.75) is 31.7 Å². The first-order chi connectivity index (χ1) is 8.03. The third-order valence-corrected chi connectivity index (χ3v) is 3.66. The molecule has 1 atom stereocenters. The van der Waals surface area contributed by atoms with E-state index in [-0.39, 0.29) is 17.2 Å². The number of ketones is 1. The summed E-state index contributed by atoms with van der Waals surface area (Å²) in [4.78, 5) is 12.1. The van der Waals surface area contributed by atoms with Crippen LogP contribution in [0.15, 0.2) is 18.2 Å². The molecule has 17 heavy (non-hydrogen) atoms. The molecule has 92 valence electrons. The van der Waals surface area contributed by atoms with Crippen molar-refractivity contribution in [1.82, 2.24) is 5.32 Å². The molecule has 0 spiro atoms. The topological polar surface area (TPSA) is 29.1 Å². The van der Waals surface area contributed by atoms with Crippen molar-refractivity contribution in [1.29, 1.82) is 0 Å². The van der Waals surface area contributed by atoms with Gasteiger partial charge in [-0.2, -0.15) is 0 Å². The van der Waals surface area contributed by atoms with Gasteiger partial charge in [0.05, 0.1) is 10.6 Å². The van der Waals surface area contributed by atoms with Gasteiger partial charge in [-0.3, -0.25) is 4.79 Å². The summed E-state index contributed by atoms with van der Waals surface area (Å²) in [6.07, 6.45) is 1.89. The summed E-state index contributed by atoms with van der Waals surface area (Å²) < 4.78 is 13.7. The number of hydrogen-bond donors (Lipinski definition) is 1. The fourth-order valence-corrected chi connectivity index (χ4v) is 2.38. The highest BCUT2D eigenvalue weighted by Crippen LogP contribution is 2.24. The van der Waals surface area contributed by atoms with Crippen LogP contribution in [0.4, 0.5) is 4.39 Å². The van der Waals surface area contributed by atoms with E-state index >= 15 is 0 Å². The third-order valence-electron chi connectivity index (χ3n) is 3.37. The molecule has 1 saturated heterocycles. The van der Waals surface area contributed by atoms with Gasteiger partial charge in [-0.15, -0.1) is 0 Å². The molecule has 1 unspecified atom stereocenters. The van der Waals surface area contributed by atoms with Gasteiger partial charge in [0.15, 0.2) is 5.78 Å². The van der Waals surface area contributed by atoms with Gasteiger partial charge in [0.25, 0.3) is 0 Å². The summed E-state index contributed by atoms with van der Waals surface area (Å²) in [7, 11) is 0. The lowest BCUT2D eigenvalue weighted by Crippen LogP contribution is -2.45. The fourth-order valence-electron chi connectivity index (χ4n) is 2.19. The Morgan fingerprint density at radius 1 is 1.59 bits per heavy atom. The summed E-state index contributed by atoms with van der Waals surface area (Å²) >= 11 is 5.69. The van der Waals surface area contributed by atoms with E-state index in [4.69, 9.17) is 11.6 Å². The van der Waals surface area contributed by atoms with E-state index in [0.29, 0.717) is 5.56 Å². The maximum atomic E-state index is 13.7. The Labute approximate surface area is 105 Å². The lowest BCUT2D eigenvalue weighted by molar-refractivity contribution is -0.123. The van der Waals surface area contributed by atoms with Gasteiger partial charge in [0.1, 0.15) is 5.82 Å². The van der Waals surface area contributed by atoms with E-state index in [1.165, 1.54) is 6.07 Å². The van der Waals surface area contributed by atoms with Crippen molar-refractivity contribution >= 4 is 17.4 Å². The second-order valence-electron chi connectivity index (χ2n) is 4.68. The number of carbonyl (C=O) groups is 1. The Morgan fingerprint density at radius 3 is 3.00 bits per heavy atom. The molecule has 0 radical (unpaired) electrons. The van der Waals surface area contributed by atoms with E-state index in [9.17, 15) is 9.18 Å². The normalized spacial score (nSPS) is 23.9. The number of benzene rings is 1. The lowest BCUT2D eigenvalue weighted by Gasteiger charge is -2.22. The van der Waals surface area contributed by atoms with Crippen LogP contribution in [-0.4, -0.2) is 17.9 Å². The molecule has 2 rings (SSSR count). The number of halogens is 2. The summed E-state index contributed by atoms with van der Waals surface area (Å²) in [6.45, 7) is 2.73. The van der Waals surface area contributed by atoms with Crippen LogP contribution in [0.3, 0.4) is 0 Å². The lowest BCUT2D eigenvalue weighted by atomic mass is 9.90. The number of hydrogen-bond acceptors (Lipinski definition) is 2. The molecule has 0 aromatic heterocycles. The zero-order valence-corrected chi connectivity index (χ0v) is 10.5. The minimum atomic E-state index is -0.505. The van der Waals surface area contributed by atoms with Gasteiger partial charge in [-0.25, -0.2) is 4.39 Å². The number of rotatable bonds is 3. The average Bonchev–Trinajstić information content (AvgIpc) is 2.73. The molecule has 0 bridgehead atoms. The second-order valence-corrected chi connectivity index (χ2v) is 5.08. The first kappa shape index (κ1) is 12.5. The van der Waals surface area contributed by atoms with Gasteiger partial charge >= 0.3 is 0 Å². The highest BCUT2D eigenvalue weighted by molar-refractivity contribution is 6.30. The second kappa shape index (κ2) is 4.75. The van der Waals surface area contributed by atoms with Crippen molar-refractivity contribution in [3.05, 3.63) is 34.6 Å². The third kappa shape index (κ3) is 2.50. The molecule has 1 aromatic carbocycles. The molecular weight excluding hydrogens is 241 g/mol. The predicted molar refractivity (Wildman–Crippen MR) is 65.8 cm³/mol. The van der Waals surface area contributed by atoms with E-state index in [2.05, 4.69) is 5.32 Å². The Morgan fingerprint density at radius 2 is 2.35 bits per heavy atom. The zero-order valence-electron chi connectivity index (χ0n) is 9.72. The number of nitrogens with one attached hydrogen (secondary N) is 1. The molecular formula is C13H15ClFNO. The van der Waals surface area contributed by atoms with Gasteiger partial charge < -0.3 is 5.32 Å². The highest BCUT2D eigenvalue weighted by atomic mass is 35.5. The Kier molecular flexibility index (Phi) is 3.50. The van der Waals surface area contributed by atoms with Crippen LogP contribution in [0.5, 0.6) is 0 Å². The number of Topliss-reactive ketones (excluding diaryl/α,β-unsaturated/α-hetero) is 1. The van der Waals surface area contributed by atoms with Crippen molar-refractivity contribution in [3.8, 4) is 0 Å². The van der Waals surface area contributed by atoms with Crippen LogP contribution in [0, 0.1) is 5.82 Å². The molecule has 1 aliphatic rings. The number of carbonyl (C=O) groups excluding carboxylic acids is 1. The minimum absolute atomic E-state index is 0.0242. The summed E-state index contributed by atoms with van der Waals surface area (Å²) in [5.74, 6) is -0.458.